The lowest BCUT2D eigenvalue weighted by atomic mass is 9.92. The van der Waals surface area contributed by atoms with Gasteiger partial charge in [-0.05, 0) is 60.6 Å². The lowest BCUT2D eigenvalue weighted by Crippen LogP contribution is -2.33. The molecule has 0 saturated carbocycles. The van der Waals surface area contributed by atoms with Crippen LogP contribution in [0.5, 0.6) is 5.75 Å². The van der Waals surface area contributed by atoms with Crippen LogP contribution in [0.25, 0.3) is 5.76 Å². The Kier molecular flexibility index (Phi) is 8.39. The highest BCUT2D eigenvalue weighted by atomic mass is 16.5. The monoisotopic (exact) mass is 479 g/mol. The maximum atomic E-state index is 13.3. The van der Waals surface area contributed by atoms with E-state index in [0.717, 1.165) is 16.7 Å². The third-order valence-electron chi connectivity index (χ3n) is 6.37. The molecule has 1 amide bonds. The molecule has 3 rings (SSSR count). The summed E-state index contributed by atoms with van der Waals surface area (Å²) in [4.78, 5) is 27.9. The summed E-state index contributed by atoms with van der Waals surface area (Å²) in [7, 11) is 1.60. The fourth-order valence-corrected chi connectivity index (χ4v) is 4.40. The second kappa shape index (κ2) is 11.1. The zero-order valence-corrected chi connectivity index (χ0v) is 21.8. The molecule has 6 nitrogen and oxygen atoms in total. The zero-order chi connectivity index (χ0) is 25.9. The molecule has 1 saturated heterocycles. The molecule has 1 fully saturated rings. The molecule has 1 unspecified atom stereocenters. The van der Waals surface area contributed by atoms with Crippen molar-refractivity contribution in [3.8, 4) is 5.75 Å². The van der Waals surface area contributed by atoms with Gasteiger partial charge in [0.05, 0.1) is 31.4 Å². The number of rotatable bonds is 9. The first kappa shape index (κ1) is 26.5. The topological polar surface area (TPSA) is 76.1 Å². The largest absolute Gasteiger partial charge is 0.507 e. The molecule has 0 aliphatic carbocycles. The summed E-state index contributed by atoms with van der Waals surface area (Å²) in [5.74, 6) is -0.292. The Morgan fingerprint density at radius 2 is 1.63 bits per heavy atom. The summed E-state index contributed by atoms with van der Waals surface area (Å²) in [5, 5.41) is 11.4. The third-order valence-corrected chi connectivity index (χ3v) is 6.37. The average molecular weight is 480 g/mol. The fourth-order valence-electron chi connectivity index (χ4n) is 4.40. The number of likely N-dealkylation sites (tertiary alicyclic amines) is 1. The Hall–Kier alpha value is -3.12. The summed E-state index contributed by atoms with van der Waals surface area (Å²) < 4.78 is 11.1. The summed E-state index contributed by atoms with van der Waals surface area (Å²) >= 11 is 0. The number of carbonyl (C=O) groups is 2. The van der Waals surface area contributed by atoms with E-state index < -0.39 is 17.7 Å². The fraction of sp³-hybridized carbons (Fsp3) is 0.448. The number of ketones is 1. The van der Waals surface area contributed by atoms with Crippen LogP contribution in [0.15, 0.2) is 48.0 Å². The Morgan fingerprint density at radius 3 is 2.17 bits per heavy atom. The van der Waals surface area contributed by atoms with Crippen LogP contribution < -0.4 is 4.74 Å². The van der Waals surface area contributed by atoms with Gasteiger partial charge in [-0.15, -0.1) is 0 Å². The lowest BCUT2D eigenvalue weighted by Gasteiger charge is -2.26. The molecule has 0 aromatic heterocycles. The van der Waals surface area contributed by atoms with Crippen LogP contribution in [-0.2, 0) is 14.3 Å². The molecule has 0 radical (unpaired) electrons. The van der Waals surface area contributed by atoms with Crippen molar-refractivity contribution in [3.05, 3.63) is 70.3 Å². The van der Waals surface area contributed by atoms with Crippen molar-refractivity contribution in [1.29, 1.82) is 0 Å². The molecule has 35 heavy (non-hydrogen) atoms. The van der Waals surface area contributed by atoms with Gasteiger partial charge in [0, 0.05) is 12.1 Å². The first-order chi connectivity index (χ1) is 16.6. The number of hydrogen-bond donors (Lipinski definition) is 1. The minimum atomic E-state index is -0.698. The van der Waals surface area contributed by atoms with E-state index in [-0.39, 0.29) is 29.9 Å². The van der Waals surface area contributed by atoms with Crippen molar-refractivity contribution in [2.75, 3.05) is 20.3 Å². The Labute approximate surface area is 208 Å². The average Bonchev–Trinajstić information content (AvgIpc) is 3.08. The smallest absolute Gasteiger partial charge is 0.295 e. The first-order valence-corrected chi connectivity index (χ1v) is 12.2. The summed E-state index contributed by atoms with van der Waals surface area (Å²) in [6.45, 7) is 12.7. The highest BCUT2D eigenvalue weighted by Gasteiger charge is 2.46. The van der Waals surface area contributed by atoms with Crippen LogP contribution in [0.1, 0.15) is 81.7 Å². The molecule has 0 bridgehead atoms. The molecular weight excluding hydrogens is 442 g/mol. The molecule has 188 valence electrons. The number of amides is 1. The van der Waals surface area contributed by atoms with E-state index >= 15 is 0 Å². The maximum absolute atomic E-state index is 13.3. The Balaban J connectivity index is 2.14. The minimum Gasteiger partial charge on any atom is -0.507 e. The van der Waals surface area contributed by atoms with Gasteiger partial charge in [0.2, 0.25) is 0 Å². The van der Waals surface area contributed by atoms with Gasteiger partial charge in [-0.25, -0.2) is 0 Å². The van der Waals surface area contributed by atoms with E-state index in [2.05, 4.69) is 13.8 Å². The third kappa shape index (κ3) is 5.59. The van der Waals surface area contributed by atoms with Gasteiger partial charge in [-0.1, -0.05) is 52.0 Å². The van der Waals surface area contributed by atoms with Gasteiger partial charge in [0.1, 0.15) is 11.5 Å². The summed E-state index contributed by atoms with van der Waals surface area (Å²) in [5.41, 5.74) is 3.42. The van der Waals surface area contributed by atoms with Gasteiger partial charge < -0.3 is 19.5 Å². The first-order valence-electron chi connectivity index (χ1n) is 12.2. The minimum absolute atomic E-state index is 0.00403. The highest BCUT2D eigenvalue weighted by molar-refractivity contribution is 6.46. The van der Waals surface area contributed by atoms with Gasteiger partial charge in [0.25, 0.3) is 11.7 Å². The van der Waals surface area contributed by atoms with E-state index in [1.807, 2.05) is 58.0 Å². The number of carbonyl (C=O) groups excluding carboxylic acids is 2. The number of hydrogen-bond acceptors (Lipinski definition) is 5. The van der Waals surface area contributed by atoms with Crippen LogP contribution >= 0.6 is 0 Å². The van der Waals surface area contributed by atoms with Crippen LogP contribution in [0.2, 0.25) is 0 Å². The van der Waals surface area contributed by atoms with E-state index in [4.69, 9.17) is 9.47 Å². The number of nitrogens with zero attached hydrogens (tertiary/aromatic N) is 1. The molecule has 2 aromatic carbocycles. The SMILES string of the molecule is COc1ccc(/C(O)=C2/C(=O)C(=O)N(CCOC(C)C)C2c2ccc(C(C)C)cc2)cc1C(C)C. The molecule has 1 heterocycles. The van der Waals surface area contributed by atoms with Crippen molar-refractivity contribution < 1.29 is 24.2 Å². The number of aliphatic hydroxyl groups is 1. The molecule has 1 aliphatic heterocycles. The van der Waals surface area contributed by atoms with E-state index in [0.29, 0.717) is 23.8 Å². The van der Waals surface area contributed by atoms with Gasteiger partial charge in [-0.3, -0.25) is 9.59 Å². The Morgan fingerprint density at radius 1 is 0.971 bits per heavy atom. The highest BCUT2D eigenvalue weighted by Crippen LogP contribution is 2.40. The van der Waals surface area contributed by atoms with E-state index in [1.165, 1.54) is 4.90 Å². The van der Waals surface area contributed by atoms with Crippen molar-refractivity contribution in [3.63, 3.8) is 0 Å². The molecule has 1 aliphatic rings. The number of methoxy groups -OCH3 is 1. The normalized spacial score (nSPS) is 17.8. The predicted molar refractivity (Wildman–Crippen MR) is 138 cm³/mol. The molecule has 1 N–H and O–H groups in total. The maximum Gasteiger partial charge on any atom is 0.295 e. The lowest BCUT2D eigenvalue weighted by molar-refractivity contribution is -0.140. The van der Waals surface area contributed by atoms with Gasteiger partial charge in [-0.2, -0.15) is 0 Å². The molecule has 2 aromatic rings. The van der Waals surface area contributed by atoms with E-state index in [9.17, 15) is 14.7 Å². The number of benzene rings is 2. The van der Waals surface area contributed by atoms with Gasteiger partial charge in [0.15, 0.2) is 0 Å². The molecular formula is C29H37NO5. The number of Topliss-reactive ketones (excluding diaryl/α,β-unsaturated/α-hetero) is 1. The van der Waals surface area contributed by atoms with E-state index in [1.54, 1.807) is 19.2 Å². The quantitative estimate of drug-likeness (QED) is 0.280. The second-order valence-corrected chi connectivity index (χ2v) is 9.84. The van der Waals surface area contributed by atoms with Crippen molar-refractivity contribution in [2.24, 2.45) is 0 Å². The molecule has 1 atom stereocenters. The van der Waals surface area contributed by atoms with Crippen LogP contribution in [-0.4, -0.2) is 48.1 Å². The predicted octanol–water partition coefficient (Wildman–Crippen LogP) is 5.79. The Bertz CT molecular complexity index is 1100. The summed E-state index contributed by atoms with van der Waals surface area (Å²) in [6.07, 6.45) is 0.00403. The van der Waals surface area contributed by atoms with Crippen molar-refractivity contribution in [1.82, 2.24) is 4.90 Å². The standard InChI is InChI=1S/C29H37NO5/c1-17(2)20-8-10-21(11-9-20)26-25(28(32)29(33)30(26)14-15-35-19(5)6)27(31)22-12-13-24(34-7)23(16-22)18(3)4/h8-13,16-19,26,31H,14-15H2,1-7H3/b27-25-. The molecule has 0 spiro atoms. The molecule has 6 heteroatoms. The van der Waals surface area contributed by atoms with Crippen LogP contribution in [0.3, 0.4) is 0 Å². The second-order valence-electron chi connectivity index (χ2n) is 9.84. The van der Waals surface area contributed by atoms with Crippen molar-refractivity contribution in [2.45, 2.75) is 65.5 Å². The van der Waals surface area contributed by atoms with Gasteiger partial charge >= 0.3 is 0 Å². The summed E-state index contributed by atoms with van der Waals surface area (Å²) in [6, 6.07) is 12.5. The number of aliphatic hydroxyl groups excluding tert-OH is 1. The van der Waals surface area contributed by atoms with Crippen LogP contribution in [0, 0.1) is 0 Å². The van der Waals surface area contributed by atoms with Crippen molar-refractivity contribution >= 4 is 17.4 Å². The number of ether oxygens (including phenoxy) is 2. The zero-order valence-electron chi connectivity index (χ0n) is 21.8. The van der Waals surface area contributed by atoms with Crippen LogP contribution in [0.4, 0.5) is 0 Å².